The van der Waals surface area contributed by atoms with E-state index in [0.717, 1.165) is 32.8 Å². The van der Waals surface area contributed by atoms with Crippen LogP contribution in [0.3, 0.4) is 0 Å². The zero-order chi connectivity index (χ0) is 16.8. The molecule has 0 spiro atoms. The standard InChI is InChI=1S/C18H28N2O3/c1-14(2)23-17-8-6-5-7-16(17)18(21)20-11-9-19(10-12-20)15(3)13-22-4/h5-8,14-15H,9-13H2,1-4H3. The molecule has 1 heterocycles. The molecule has 0 bridgehead atoms. The van der Waals surface area contributed by atoms with Crippen LogP contribution in [0.15, 0.2) is 24.3 Å². The third-order valence-corrected chi connectivity index (χ3v) is 4.11. The highest BCUT2D eigenvalue weighted by Gasteiger charge is 2.26. The van der Waals surface area contributed by atoms with Gasteiger partial charge in [0.25, 0.3) is 5.91 Å². The summed E-state index contributed by atoms with van der Waals surface area (Å²) >= 11 is 0. The van der Waals surface area contributed by atoms with Gasteiger partial charge in [0.2, 0.25) is 0 Å². The normalized spacial score (nSPS) is 17.3. The lowest BCUT2D eigenvalue weighted by Gasteiger charge is -2.38. The number of piperazine rings is 1. The lowest BCUT2D eigenvalue weighted by Crippen LogP contribution is -2.52. The van der Waals surface area contributed by atoms with Gasteiger partial charge < -0.3 is 14.4 Å². The van der Waals surface area contributed by atoms with Gasteiger partial charge >= 0.3 is 0 Å². The number of rotatable bonds is 6. The summed E-state index contributed by atoms with van der Waals surface area (Å²) in [6.07, 6.45) is 0.0516. The third-order valence-electron chi connectivity index (χ3n) is 4.11. The first-order valence-corrected chi connectivity index (χ1v) is 8.31. The van der Waals surface area contributed by atoms with Crippen LogP contribution in [-0.2, 0) is 4.74 Å². The number of nitrogens with zero attached hydrogens (tertiary/aromatic N) is 2. The minimum atomic E-state index is 0.0516. The Bertz CT molecular complexity index is 511. The van der Waals surface area contributed by atoms with Crippen molar-refractivity contribution in [2.24, 2.45) is 0 Å². The van der Waals surface area contributed by atoms with E-state index < -0.39 is 0 Å². The molecular weight excluding hydrogens is 292 g/mol. The minimum absolute atomic E-state index is 0.0516. The van der Waals surface area contributed by atoms with E-state index in [9.17, 15) is 4.79 Å². The van der Waals surface area contributed by atoms with E-state index >= 15 is 0 Å². The molecule has 1 amide bonds. The van der Waals surface area contributed by atoms with E-state index in [1.807, 2.05) is 43.0 Å². The van der Waals surface area contributed by atoms with Crippen LogP contribution in [0.2, 0.25) is 0 Å². The van der Waals surface area contributed by atoms with Gasteiger partial charge in [-0.05, 0) is 32.9 Å². The van der Waals surface area contributed by atoms with Crippen LogP contribution in [0.25, 0.3) is 0 Å². The molecule has 0 aliphatic carbocycles. The van der Waals surface area contributed by atoms with Gasteiger partial charge in [-0.3, -0.25) is 9.69 Å². The van der Waals surface area contributed by atoms with Crippen molar-refractivity contribution < 1.29 is 14.3 Å². The maximum absolute atomic E-state index is 12.8. The largest absolute Gasteiger partial charge is 0.490 e. The van der Waals surface area contributed by atoms with Crippen LogP contribution >= 0.6 is 0 Å². The summed E-state index contributed by atoms with van der Waals surface area (Å²) in [7, 11) is 1.72. The molecule has 1 atom stereocenters. The van der Waals surface area contributed by atoms with Crippen LogP contribution in [0.1, 0.15) is 31.1 Å². The van der Waals surface area contributed by atoms with Gasteiger partial charge in [-0.15, -0.1) is 0 Å². The van der Waals surface area contributed by atoms with E-state index in [-0.39, 0.29) is 12.0 Å². The van der Waals surface area contributed by atoms with Gasteiger partial charge in [-0.2, -0.15) is 0 Å². The maximum atomic E-state index is 12.8. The van der Waals surface area contributed by atoms with Gasteiger partial charge in [0.05, 0.1) is 18.3 Å². The Morgan fingerprint density at radius 1 is 1.13 bits per heavy atom. The highest BCUT2D eigenvalue weighted by molar-refractivity contribution is 5.97. The van der Waals surface area contributed by atoms with Crippen LogP contribution in [0, 0.1) is 0 Å². The summed E-state index contributed by atoms with van der Waals surface area (Å²) in [6, 6.07) is 7.88. The molecule has 1 fully saturated rings. The second-order valence-corrected chi connectivity index (χ2v) is 6.30. The van der Waals surface area contributed by atoms with Gasteiger partial charge in [0.1, 0.15) is 5.75 Å². The van der Waals surface area contributed by atoms with Gasteiger partial charge in [0, 0.05) is 39.3 Å². The van der Waals surface area contributed by atoms with Crippen molar-refractivity contribution in [2.75, 3.05) is 39.9 Å². The van der Waals surface area contributed by atoms with E-state index in [4.69, 9.17) is 9.47 Å². The van der Waals surface area contributed by atoms with Gasteiger partial charge in [-0.1, -0.05) is 12.1 Å². The molecule has 0 radical (unpaired) electrons. The monoisotopic (exact) mass is 320 g/mol. The first-order chi connectivity index (χ1) is 11.0. The second-order valence-electron chi connectivity index (χ2n) is 6.30. The van der Waals surface area contributed by atoms with Gasteiger partial charge in [-0.25, -0.2) is 0 Å². The molecule has 5 heteroatoms. The molecule has 23 heavy (non-hydrogen) atoms. The highest BCUT2D eigenvalue weighted by atomic mass is 16.5. The summed E-state index contributed by atoms with van der Waals surface area (Å²) in [5.41, 5.74) is 0.652. The predicted molar refractivity (Wildman–Crippen MR) is 91.0 cm³/mol. The number of methoxy groups -OCH3 is 1. The number of benzene rings is 1. The summed E-state index contributed by atoms with van der Waals surface area (Å²) in [5.74, 6) is 0.725. The zero-order valence-corrected chi connectivity index (χ0v) is 14.6. The molecule has 1 saturated heterocycles. The Labute approximate surface area is 139 Å². The van der Waals surface area contributed by atoms with Crippen molar-refractivity contribution in [2.45, 2.75) is 32.9 Å². The fourth-order valence-electron chi connectivity index (χ4n) is 2.88. The van der Waals surface area contributed by atoms with Crippen LogP contribution in [0.5, 0.6) is 5.75 Å². The topological polar surface area (TPSA) is 42.0 Å². The Morgan fingerprint density at radius 2 is 1.78 bits per heavy atom. The molecule has 0 aromatic heterocycles. The van der Waals surface area contributed by atoms with E-state index in [0.29, 0.717) is 17.4 Å². The molecule has 0 saturated carbocycles. The average molecular weight is 320 g/mol. The fraction of sp³-hybridized carbons (Fsp3) is 0.611. The zero-order valence-electron chi connectivity index (χ0n) is 14.6. The van der Waals surface area contributed by atoms with Crippen molar-refractivity contribution >= 4 is 5.91 Å². The van der Waals surface area contributed by atoms with Crippen LogP contribution in [0.4, 0.5) is 0 Å². The number of hydrogen-bond donors (Lipinski definition) is 0. The smallest absolute Gasteiger partial charge is 0.257 e. The van der Waals surface area contributed by atoms with Crippen molar-refractivity contribution in [1.82, 2.24) is 9.80 Å². The lowest BCUT2D eigenvalue weighted by molar-refractivity contribution is 0.0445. The quantitative estimate of drug-likeness (QED) is 0.806. The van der Waals surface area contributed by atoms with E-state index in [1.165, 1.54) is 0 Å². The molecular formula is C18H28N2O3. The number of amides is 1. The molecule has 1 aliphatic heterocycles. The Morgan fingerprint density at radius 3 is 2.39 bits per heavy atom. The van der Waals surface area contributed by atoms with Crippen molar-refractivity contribution in [3.63, 3.8) is 0 Å². The number of carbonyl (C=O) groups excluding carboxylic acids is 1. The lowest BCUT2D eigenvalue weighted by atomic mass is 10.1. The summed E-state index contributed by atoms with van der Waals surface area (Å²) in [6.45, 7) is 10.1. The molecule has 5 nitrogen and oxygen atoms in total. The molecule has 1 unspecified atom stereocenters. The Balaban J connectivity index is 2.00. The Kier molecular flexibility index (Phi) is 6.42. The SMILES string of the molecule is COCC(C)N1CCN(C(=O)c2ccccc2OC(C)C)CC1. The molecule has 1 aromatic rings. The second kappa shape index (κ2) is 8.31. The number of carbonyl (C=O) groups is 1. The molecule has 2 rings (SSSR count). The van der Waals surface area contributed by atoms with Crippen molar-refractivity contribution in [1.29, 1.82) is 0 Å². The average Bonchev–Trinajstić information content (AvgIpc) is 2.54. The Hall–Kier alpha value is -1.59. The molecule has 1 aliphatic rings. The fourth-order valence-corrected chi connectivity index (χ4v) is 2.88. The molecule has 1 aromatic carbocycles. The first-order valence-electron chi connectivity index (χ1n) is 8.31. The third kappa shape index (κ3) is 4.69. The number of hydrogen-bond acceptors (Lipinski definition) is 4. The summed E-state index contributed by atoms with van der Waals surface area (Å²) < 4.78 is 11.0. The van der Waals surface area contributed by atoms with Gasteiger partial charge in [0.15, 0.2) is 0 Å². The van der Waals surface area contributed by atoms with Crippen molar-refractivity contribution in [3.8, 4) is 5.75 Å². The van der Waals surface area contributed by atoms with E-state index in [1.54, 1.807) is 7.11 Å². The minimum Gasteiger partial charge on any atom is -0.490 e. The predicted octanol–water partition coefficient (Wildman–Crippen LogP) is 2.27. The molecule has 128 valence electrons. The summed E-state index contributed by atoms with van der Waals surface area (Å²) in [5, 5.41) is 0. The van der Waals surface area contributed by atoms with Crippen LogP contribution in [-0.4, -0.2) is 67.7 Å². The van der Waals surface area contributed by atoms with Crippen molar-refractivity contribution in [3.05, 3.63) is 29.8 Å². The first kappa shape index (κ1) is 17.8. The highest BCUT2D eigenvalue weighted by Crippen LogP contribution is 2.22. The maximum Gasteiger partial charge on any atom is 0.257 e. The molecule has 0 N–H and O–H groups in total. The number of para-hydroxylation sites is 1. The number of ether oxygens (including phenoxy) is 2. The summed E-state index contributed by atoms with van der Waals surface area (Å²) in [4.78, 5) is 17.1. The van der Waals surface area contributed by atoms with E-state index in [2.05, 4.69) is 11.8 Å². The van der Waals surface area contributed by atoms with Crippen LogP contribution < -0.4 is 4.74 Å².